The summed E-state index contributed by atoms with van der Waals surface area (Å²) in [6.07, 6.45) is 2.35. The van der Waals surface area contributed by atoms with Crippen molar-refractivity contribution in [1.29, 1.82) is 0 Å². The Morgan fingerprint density at radius 1 is 0.765 bits per heavy atom. The van der Waals surface area contributed by atoms with E-state index in [0.717, 1.165) is 21.6 Å². The fourth-order valence-electron chi connectivity index (χ4n) is 8.72. The molecular weight excluding hydrogens is 1090 g/mol. The first kappa shape index (κ1) is 64.0. The van der Waals surface area contributed by atoms with Crippen LogP contribution >= 0.6 is 21.6 Å². The summed E-state index contributed by atoms with van der Waals surface area (Å²) in [7, 11) is 1.90. The Hall–Kier alpha value is -7.82. The first-order valence-electron chi connectivity index (χ1n) is 26.3. The Labute approximate surface area is 475 Å². The zero-order chi connectivity index (χ0) is 59.2. The minimum absolute atomic E-state index is 0.0257. The van der Waals surface area contributed by atoms with Crippen LogP contribution in [0.25, 0.3) is 0 Å². The van der Waals surface area contributed by atoms with Crippen molar-refractivity contribution in [2.45, 2.75) is 120 Å². The fourth-order valence-corrected chi connectivity index (χ4v) is 11.1. The van der Waals surface area contributed by atoms with Crippen LogP contribution in [0.4, 0.5) is 0 Å². The van der Waals surface area contributed by atoms with Gasteiger partial charge in [-0.15, -0.1) is 0 Å². The molecule has 3 heterocycles. The largest absolute Gasteiger partial charge is 0.508 e. The average Bonchev–Trinajstić information content (AvgIpc) is 3.97. The molecule has 5 rings (SSSR count). The molecule has 10 amide bonds. The molecule has 2 saturated heterocycles. The van der Waals surface area contributed by atoms with Gasteiger partial charge in [-0.3, -0.25) is 57.7 Å². The minimum atomic E-state index is -1.81. The number of carboxylic acids is 1. The summed E-state index contributed by atoms with van der Waals surface area (Å²) < 4.78 is 0. The van der Waals surface area contributed by atoms with Crippen LogP contribution in [0.1, 0.15) is 62.6 Å². The van der Waals surface area contributed by atoms with Crippen LogP contribution in [-0.4, -0.2) is 171 Å². The molecule has 0 bridgehead atoms. The normalized spacial score (nSPS) is 23.0. The zero-order valence-electron chi connectivity index (χ0n) is 44.8. The van der Waals surface area contributed by atoms with Crippen LogP contribution in [-0.2, 0) is 72.0 Å². The lowest BCUT2D eigenvalue weighted by Crippen LogP contribution is -2.60. The van der Waals surface area contributed by atoms with E-state index in [4.69, 9.17) is 17.2 Å². The Kier molecular flexibility index (Phi) is 25.2. The molecule has 0 radical (unpaired) electrons. The Bertz CT molecular complexity index is 2690. The average molecular weight is 1160 g/mol. The molecule has 0 saturated carbocycles. The van der Waals surface area contributed by atoms with E-state index in [9.17, 15) is 63.0 Å². The Balaban J connectivity index is 1.54. The van der Waals surface area contributed by atoms with Gasteiger partial charge < -0.3 is 74.8 Å². The van der Waals surface area contributed by atoms with Crippen molar-refractivity contribution < 1.29 is 63.0 Å². The van der Waals surface area contributed by atoms with Gasteiger partial charge in [0, 0.05) is 43.3 Å². The number of nitrogens with two attached hydrogens (primary N) is 3. The second-order valence-electron chi connectivity index (χ2n) is 19.8. The molecule has 2 fully saturated rings. The van der Waals surface area contributed by atoms with E-state index in [1.807, 2.05) is 0 Å². The first-order valence-corrected chi connectivity index (χ1v) is 28.7. The molecule has 438 valence electrons. The van der Waals surface area contributed by atoms with Gasteiger partial charge in [-0.2, -0.15) is 0 Å². The third-order valence-electron chi connectivity index (χ3n) is 13.2. The summed E-state index contributed by atoms with van der Waals surface area (Å²) in [5.74, 6) is -11.5. The molecule has 2 aromatic carbocycles. The molecule has 0 spiro atoms. The maximum absolute atomic E-state index is 14.6. The first-order chi connectivity index (χ1) is 38.6. The molecule has 0 aliphatic carbocycles. The van der Waals surface area contributed by atoms with E-state index in [1.54, 1.807) is 68.4 Å². The highest BCUT2D eigenvalue weighted by molar-refractivity contribution is 8.76. The van der Waals surface area contributed by atoms with E-state index >= 15 is 0 Å². The van der Waals surface area contributed by atoms with Crippen molar-refractivity contribution in [3.05, 3.63) is 95.8 Å². The molecule has 2 aliphatic rings. The molecule has 26 nitrogen and oxygen atoms in total. The standard InChI is InChI=1S/C53H71N13O13S2/c1-29(2)44-53(79)58-26-42(68)66-20-8-13-41(66)52(78)62-37(22-30-9-4-3-5-10-30)48(74)64-40(51(77)60-36(45(56)71)23-32-11-7-19-57-25-32)28-81-80-27-39(63-46(72)34(55)21-31-14-16-33(67)17-15-31)50(76)59-35(12-6-18-54)47(73)61-38(24-43(69)70)49(75)65-44/h3-5,7,9-11,14-17,19,25,29,34-41,44,67H,6,8,12-13,18,20-24,26-28,54-55H2,1-2H3,(H2,56,71)(H,58,79)(H,59,76)(H,60,77)(H,61,73)(H,62,78)(H,63,72)(H,64,74)(H,65,75)(H,69,70)/t34-,35-,36-,37-,38-,39-,40-,41-,44-/m0/s1. The number of phenolic OH excluding ortho intramolecular Hbond substituents is 1. The molecule has 2 aliphatic heterocycles. The number of nitrogens with zero attached hydrogens (tertiary/aromatic N) is 2. The van der Waals surface area contributed by atoms with Crippen LogP contribution in [0.15, 0.2) is 79.1 Å². The van der Waals surface area contributed by atoms with Crippen molar-refractivity contribution in [2.24, 2.45) is 23.1 Å². The topological polar surface area (TPSA) is 419 Å². The lowest BCUT2D eigenvalue weighted by atomic mass is 10.0. The lowest BCUT2D eigenvalue weighted by molar-refractivity contribution is -0.142. The number of benzene rings is 2. The predicted molar refractivity (Wildman–Crippen MR) is 299 cm³/mol. The SMILES string of the molecule is CC(C)[C@@H]1NC(=O)[C@H](CC(=O)O)NC(=O)[C@H](CCCN)NC(=O)[C@@H](NC(=O)[C@@H](N)Cc2ccc(O)cc2)CSSC[C@@H](C(=O)N[C@@H](Cc2cccnc2)C(N)=O)NC(=O)[C@H](Cc2ccccc2)NC(=O)[C@@H]2CCCN2C(=O)CNC1=O. The zero-order valence-corrected chi connectivity index (χ0v) is 46.4. The van der Waals surface area contributed by atoms with Gasteiger partial charge in [0.1, 0.15) is 54.1 Å². The number of hydrogen-bond donors (Lipinski definition) is 13. The van der Waals surface area contributed by atoms with Gasteiger partial charge >= 0.3 is 5.97 Å². The van der Waals surface area contributed by atoms with Crippen LogP contribution in [0.5, 0.6) is 5.75 Å². The van der Waals surface area contributed by atoms with Gasteiger partial charge in [-0.25, -0.2) is 0 Å². The molecule has 3 aromatic rings. The Morgan fingerprint density at radius 3 is 2.07 bits per heavy atom. The van der Waals surface area contributed by atoms with Gasteiger partial charge in [0.2, 0.25) is 59.1 Å². The highest BCUT2D eigenvalue weighted by Crippen LogP contribution is 2.25. The molecule has 9 atom stereocenters. The van der Waals surface area contributed by atoms with Crippen molar-refractivity contribution in [2.75, 3.05) is 31.1 Å². The van der Waals surface area contributed by atoms with Gasteiger partial charge in [0.05, 0.1) is 19.0 Å². The second kappa shape index (κ2) is 31.8. The summed E-state index contributed by atoms with van der Waals surface area (Å²) in [6, 6.07) is 5.11. The van der Waals surface area contributed by atoms with Crippen molar-refractivity contribution in [3.8, 4) is 5.75 Å². The van der Waals surface area contributed by atoms with E-state index in [0.29, 0.717) is 23.1 Å². The van der Waals surface area contributed by atoms with Crippen LogP contribution in [0, 0.1) is 5.92 Å². The van der Waals surface area contributed by atoms with Crippen molar-refractivity contribution >= 4 is 86.6 Å². The number of pyridine rings is 1. The number of carboxylic acid groups (broad SMARTS) is 1. The third kappa shape index (κ3) is 20.3. The molecule has 0 unspecified atom stereocenters. The van der Waals surface area contributed by atoms with Crippen LogP contribution in [0.3, 0.4) is 0 Å². The fraction of sp³-hybridized carbons (Fsp3) is 0.472. The van der Waals surface area contributed by atoms with Gasteiger partial charge in [0.15, 0.2) is 0 Å². The number of phenols is 1. The van der Waals surface area contributed by atoms with Crippen molar-refractivity contribution in [1.82, 2.24) is 52.4 Å². The minimum Gasteiger partial charge on any atom is -0.508 e. The molecule has 16 N–H and O–H groups in total. The van der Waals surface area contributed by atoms with Gasteiger partial charge in [0.25, 0.3) is 0 Å². The third-order valence-corrected chi connectivity index (χ3v) is 15.6. The quantitative estimate of drug-likeness (QED) is 0.0616. The van der Waals surface area contributed by atoms with Crippen molar-refractivity contribution in [3.63, 3.8) is 0 Å². The molecule has 1 aromatic heterocycles. The number of rotatable bonds is 17. The van der Waals surface area contributed by atoms with E-state index in [2.05, 4.69) is 47.5 Å². The van der Waals surface area contributed by atoms with Gasteiger partial charge in [-0.1, -0.05) is 84.0 Å². The second-order valence-corrected chi connectivity index (χ2v) is 22.3. The highest BCUT2D eigenvalue weighted by atomic mass is 33.1. The van der Waals surface area contributed by atoms with Gasteiger partial charge in [-0.05, 0) is 79.5 Å². The number of aromatic nitrogens is 1. The maximum atomic E-state index is 14.6. The van der Waals surface area contributed by atoms with Crippen LogP contribution < -0.4 is 59.7 Å². The maximum Gasteiger partial charge on any atom is 0.305 e. The molecular formula is C53H71N13O13S2. The smallest absolute Gasteiger partial charge is 0.305 e. The van der Waals surface area contributed by atoms with E-state index in [-0.39, 0.29) is 68.9 Å². The Morgan fingerprint density at radius 2 is 1.42 bits per heavy atom. The highest BCUT2D eigenvalue weighted by Gasteiger charge is 2.39. The number of fused-ring (bicyclic) bond motifs is 1. The lowest BCUT2D eigenvalue weighted by Gasteiger charge is -2.29. The monoisotopic (exact) mass is 1160 g/mol. The number of carbonyl (C=O) groups is 11. The van der Waals surface area contributed by atoms with E-state index in [1.165, 1.54) is 29.4 Å². The summed E-state index contributed by atoms with van der Waals surface area (Å²) in [6.45, 7) is 2.63. The molecule has 28 heteroatoms. The number of aliphatic carboxylic acids is 1. The number of hydrogen-bond acceptors (Lipinski definition) is 17. The number of nitrogens with one attached hydrogen (secondary N) is 8. The number of aromatic hydroxyl groups is 1. The van der Waals surface area contributed by atoms with E-state index < -0.39 is 138 Å². The number of primary amides is 1. The summed E-state index contributed by atoms with van der Waals surface area (Å²) >= 11 is 0. The number of amides is 10. The molecule has 81 heavy (non-hydrogen) atoms. The predicted octanol–water partition coefficient (Wildman–Crippen LogP) is -2.61. The number of carbonyl (C=O) groups excluding carboxylic acids is 10. The summed E-state index contributed by atoms with van der Waals surface area (Å²) in [4.78, 5) is 157. The summed E-state index contributed by atoms with van der Waals surface area (Å²) in [5, 5.41) is 40.2. The summed E-state index contributed by atoms with van der Waals surface area (Å²) in [5.41, 5.74) is 19.6. The van der Waals surface area contributed by atoms with Crippen LogP contribution in [0.2, 0.25) is 0 Å².